The van der Waals surface area contributed by atoms with Crippen LogP contribution in [0.2, 0.25) is 5.02 Å². The number of anilines is 1. The quantitative estimate of drug-likeness (QED) is 0.464. The number of halogens is 1. The number of nitrogens with two attached hydrogens (primary N) is 1. The molecule has 0 saturated carbocycles. The first-order valence-electron chi connectivity index (χ1n) is 11.9. The molecule has 37 heavy (non-hydrogen) atoms. The van der Waals surface area contributed by atoms with Gasteiger partial charge >= 0.3 is 0 Å². The Bertz CT molecular complexity index is 1350. The second kappa shape index (κ2) is 9.04. The van der Waals surface area contributed by atoms with Gasteiger partial charge in [0, 0.05) is 29.6 Å². The number of amides is 4. The zero-order chi connectivity index (χ0) is 26.6. The van der Waals surface area contributed by atoms with E-state index in [1.807, 2.05) is 6.07 Å². The minimum Gasteiger partial charge on any atom is -0.493 e. The molecule has 0 bridgehead atoms. The highest BCUT2D eigenvalue weighted by atomic mass is 35.5. The number of likely N-dealkylation sites (tertiary alicyclic amines) is 1. The summed E-state index contributed by atoms with van der Waals surface area (Å²) in [5.74, 6) is -2.84. The summed E-state index contributed by atoms with van der Waals surface area (Å²) < 4.78 is 10.6. The Balaban J connectivity index is 1.51. The van der Waals surface area contributed by atoms with Gasteiger partial charge in [0.25, 0.3) is 0 Å². The zero-order valence-electron chi connectivity index (χ0n) is 20.6. The number of methoxy groups -OCH3 is 2. The van der Waals surface area contributed by atoms with E-state index in [1.54, 1.807) is 31.2 Å². The van der Waals surface area contributed by atoms with Gasteiger partial charge in [0.1, 0.15) is 5.54 Å². The molecule has 2 aromatic rings. The smallest absolute Gasteiger partial charge is 0.250 e. The highest BCUT2D eigenvalue weighted by Gasteiger charge is 2.70. The van der Waals surface area contributed by atoms with Crippen molar-refractivity contribution in [1.29, 1.82) is 0 Å². The average molecular weight is 527 g/mol. The number of carbonyl (C=O) groups excluding carboxylic acids is 4. The number of primary amides is 1. The lowest BCUT2D eigenvalue weighted by molar-refractivity contribution is -0.142. The summed E-state index contributed by atoms with van der Waals surface area (Å²) in [5, 5.41) is 6.49. The van der Waals surface area contributed by atoms with Crippen LogP contribution in [-0.2, 0) is 31.1 Å². The normalized spacial score (nSPS) is 25.9. The zero-order valence-corrected chi connectivity index (χ0v) is 21.3. The van der Waals surface area contributed by atoms with Crippen LogP contribution >= 0.6 is 11.6 Å². The number of hydrogen-bond acceptors (Lipinski definition) is 7. The Hall–Kier alpha value is -3.63. The highest BCUT2D eigenvalue weighted by Crippen LogP contribution is 2.54. The van der Waals surface area contributed by atoms with Gasteiger partial charge in [0.05, 0.1) is 31.7 Å². The third-order valence-electron chi connectivity index (χ3n) is 7.67. The number of hydrogen-bond donors (Lipinski definition) is 3. The first-order chi connectivity index (χ1) is 17.6. The molecule has 0 aromatic heterocycles. The SMILES string of the molecule is COc1ccc(CCN2C(=O)[C@@H]3[C@H](CC(N)=O)N[C@@]4(C(=O)Nc5c4ccc(Cl)c5C)[C@@H]3C2=O)cc1OC. The fraction of sp³-hybridized carbons (Fsp3) is 0.385. The summed E-state index contributed by atoms with van der Waals surface area (Å²) in [7, 11) is 3.07. The molecule has 5 rings (SSSR count). The molecule has 2 saturated heterocycles. The monoisotopic (exact) mass is 526 g/mol. The van der Waals surface area contributed by atoms with Crippen molar-refractivity contribution in [3.05, 3.63) is 52.0 Å². The van der Waals surface area contributed by atoms with Crippen molar-refractivity contribution in [2.45, 2.75) is 31.3 Å². The van der Waals surface area contributed by atoms with E-state index in [1.165, 1.54) is 19.1 Å². The van der Waals surface area contributed by atoms with Crippen LogP contribution in [0.1, 0.15) is 23.1 Å². The van der Waals surface area contributed by atoms with Gasteiger partial charge in [-0.15, -0.1) is 0 Å². The first-order valence-corrected chi connectivity index (χ1v) is 12.2. The van der Waals surface area contributed by atoms with Crippen molar-refractivity contribution in [3.63, 3.8) is 0 Å². The number of carbonyl (C=O) groups is 4. The van der Waals surface area contributed by atoms with Crippen LogP contribution in [-0.4, -0.2) is 55.3 Å². The van der Waals surface area contributed by atoms with E-state index in [0.717, 1.165) is 5.56 Å². The maximum Gasteiger partial charge on any atom is 0.250 e. The molecule has 11 heteroatoms. The van der Waals surface area contributed by atoms with Crippen molar-refractivity contribution < 1.29 is 28.7 Å². The summed E-state index contributed by atoms with van der Waals surface area (Å²) in [6.45, 7) is 1.87. The lowest BCUT2D eigenvalue weighted by Gasteiger charge is -2.29. The van der Waals surface area contributed by atoms with Gasteiger partial charge in [-0.05, 0) is 42.7 Å². The van der Waals surface area contributed by atoms with Crippen LogP contribution in [0.15, 0.2) is 30.3 Å². The van der Waals surface area contributed by atoms with E-state index in [2.05, 4.69) is 10.6 Å². The van der Waals surface area contributed by atoms with Crippen LogP contribution < -0.4 is 25.8 Å². The lowest BCUT2D eigenvalue weighted by Crippen LogP contribution is -2.53. The number of rotatable bonds is 7. The Labute approximate surface area is 218 Å². The van der Waals surface area contributed by atoms with Crippen LogP contribution in [0.25, 0.3) is 0 Å². The standard InChI is InChI=1S/C26H27ClN4O6/c1-12-15(27)6-5-14-22(12)29-25(35)26(14)21-20(16(30-26)11-19(28)32)23(33)31(24(21)34)9-8-13-4-7-17(36-2)18(10-13)37-3/h4-7,10,16,20-21,30H,8-9,11H2,1-3H3,(H2,28,32)(H,29,35)/t16-,20+,21-,26+/m0/s1. The number of ether oxygens (including phenoxy) is 2. The molecule has 0 radical (unpaired) electrons. The minimum atomic E-state index is -1.51. The van der Waals surface area contributed by atoms with Gasteiger partial charge in [-0.1, -0.05) is 23.7 Å². The number of fused-ring (bicyclic) bond motifs is 4. The molecule has 2 aromatic carbocycles. The molecule has 4 N–H and O–H groups in total. The topological polar surface area (TPSA) is 140 Å². The molecule has 2 fully saturated rings. The van der Waals surface area contributed by atoms with Crippen molar-refractivity contribution in [1.82, 2.24) is 10.2 Å². The second-order valence-electron chi connectivity index (χ2n) is 9.55. The van der Waals surface area contributed by atoms with Crippen LogP contribution in [0.4, 0.5) is 5.69 Å². The third-order valence-corrected chi connectivity index (χ3v) is 8.08. The van der Waals surface area contributed by atoms with Crippen molar-refractivity contribution >= 4 is 40.9 Å². The molecule has 4 amide bonds. The molecule has 0 unspecified atom stereocenters. The third kappa shape index (κ3) is 3.66. The molecule has 0 aliphatic carbocycles. The van der Waals surface area contributed by atoms with E-state index in [9.17, 15) is 19.2 Å². The lowest BCUT2D eigenvalue weighted by atomic mass is 9.76. The van der Waals surface area contributed by atoms with Gasteiger partial charge < -0.3 is 20.5 Å². The van der Waals surface area contributed by atoms with Gasteiger partial charge in [-0.25, -0.2) is 0 Å². The maximum atomic E-state index is 13.8. The van der Waals surface area contributed by atoms with E-state index < -0.39 is 47.0 Å². The Morgan fingerprint density at radius 1 is 1.11 bits per heavy atom. The summed E-state index contributed by atoms with van der Waals surface area (Å²) in [6.07, 6.45) is 0.177. The van der Waals surface area contributed by atoms with Crippen LogP contribution in [0.5, 0.6) is 11.5 Å². The predicted octanol–water partition coefficient (Wildman–Crippen LogP) is 1.50. The molecule has 3 aliphatic rings. The van der Waals surface area contributed by atoms with Crippen molar-refractivity contribution in [2.24, 2.45) is 17.6 Å². The van der Waals surface area contributed by atoms with Crippen molar-refractivity contribution in [2.75, 3.05) is 26.1 Å². The maximum absolute atomic E-state index is 13.8. The molecule has 4 atom stereocenters. The first kappa shape index (κ1) is 25.0. The Kier molecular flexibility index (Phi) is 6.12. The number of nitrogens with zero attached hydrogens (tertiary/aromatic N) is 1. The van der Waals surface area contributed by atoms with Gasteiger partial charge in [0.2, 0.25) is 23.6 Å². The molecule has 3 heterocycles. The van der Waals surface area contributed by atoms with Gasteiger partial charge in [-0.2, -0.15) is 0 Å². The Morgan fingerprint density at radius 2 is 1.84 bits per heavy atom. The molecule has 194 valence electrons. The van der Waals surface area contributed by atoms with Gasteiger partial charge in [0.15, 0.2) is 11.5 Å². The molecule has 10 nitrogen and oxygen atoms in total. The summed E-state index contributed by atoms with van der Waals surface area (Å²) in [4.78, 5) is 54.1. The number of nitrogens with one attached hydrogen (secondary N) is 2. The van der Waals surface area contributed by atoms with E-state index in [4.69, 9.17) is 26.8 Å². The second-order valence-corrected chi connectivity index (χ2v) is 9.96. The Morgan fingerprint density at radius 3 is 2.51 bits per heavy atom. The molecular weight excluding hydrogens is 500 g/mol. The largest absolute Gasteiger partial charge is 0.493 e. The molecular formula is C26H27ClN4O6. The van der Waals surface area contributed by atoms with Crippen LogP contribution in [0.3, 0.4) is 0 Å². The fourth-order valence-corrected chi connectivity index (χ4v) is 6.10. The number of benzene rings is 2. The minimum absolute atomic E-state index is 0.105. The van der Waals surface area contributed by atoms with E-state index in [-0.39, 0.29) is 13.0 Å². The van der Waals surface area contributed by atoms with E-state index >= 15 is 0 Å². The number of imide groups is 1. The fourth-order valence-electron chi connectivity index (χ4n) is 5.94. The summed E-state index contributed by atoms with van der Waals surface area (Å²) in [6, 6.07) is 7.94. The van der Waals surface area contributed by atoms with Crippen molar-refractivity contribution in [3.8, 4) is 11.5 Å². The predicted molar refractivity (Wildman–Crippen MR) is 134 cm³/mol. The molecule has 3 aliphatic heterocycles. The highest BCUT2D eigenvalue weighted by molar-refractivity contribution is 6.32. The summed E-state index contributed by atoms with van der Waals surface area (Å²) >= 11 is 6.28. The average Bonchev–Trinajstić information content (AvgIpc) is 3.44. The summed E-state index contributed by atoms with van der Waals surface area (Å²) in [5.41, 5.74) is 6.51. The van der Waals surface area contributed by atoms with Gasteiger partial charge in [-0.3, -0.25) is 29.4 Å². The van der Waals surface area contributed by atoms with E-state index in [0.29, 0.717) is 39.8 Å². The van der Waals surface area contributed by atoms with Crippen LogP contribution in [0, 0.1) is 18.8 Å². The molecule has 1 spiro atoms.